The van der Waals surface area contributed by atoms with Crippen molar-refractivity contribution in [1.82, 2.24) is 46.9 Å². The number of aryl methyl sites for hydroxylation is 3. The number of carbonyl (C=O) groups is 8. The van der Waals surface area contributed by atoms with Gasteiger partial charge in [0.25, 0.3) is 35.4 Å². The molecule has 0 radical (unpaired) electrons. The first-order valence-corrected chi connectivity index (χ1v) is 25.3. The number of aliphatic carboxylic acids is 1. The first kappa shape index (κ1) is 58.3. The minimum atomic E-state index is -5.08. The quantitative estimate of drug-likeness (QED) is 0.0613. The number of nitrogens with zero attached hydrogens (tertiary/aromatic N) is 3. The van der Waals surface area contributed by atoms with Crippen molar-refractivity contribution in [1.29, 1.82) is 0 Å². The number of carbonyl (C=O) groups excluding carboxylic acids is 7. The van der Waals surface area contributed by atoms with Gasteiger partial charge < -0.3 is 60.7 Å². The van der Waals surface area contributed by atoms with Crippen molar-refractivity contribution in [2.24, 2.45) is 11.7 Å². The van der Waals surface area contributed by atoms with Crippen LogP contribution in [0.15, 0.2) is 61.8 Å². The first-order valence-electron chi connectivity index (χ1n) is 25.3. The van der Waals surface area contributed by atoms with Crippen LogP contribution in [0.3, 0.4) is 0 Å². The second kappa shape index (κ2) is 23.3. The summed E-state index contributed by atoms with van der Waals surface area (Å²) >= 11 is 0. The molecule has 9 N–H and O–H groups in total. The lowest BCUT2D eigenvalue weighted by atomic mass is 9.89. The van der Waals surface area contributed by atoms with Crippen LogP contribution < -0.4 is 37.6 Å². The zero-order valence-electron chi connectivity index (χ0n) is 44.3. The third-order valence-corrected chi connectivity index (χ3v) is 14.1. The van der Waals surface area contributed by atoms with E-state index in [1.807, 2.05) is 48.5 Å². The van der Waals surface area contributed by atoms with E-state index >= 15 is 4.79 Å². The van der Waals surface area contributed by atoms with Gasteiger partial charge in [0.2, 0.25) is 17.7 Å². The largest absolute Gasteiger partial charge is 0.490 e. The topological polar surface area (TPSA) is 342 Å². The summed E-state index contributed by atoms with van der Waals surface area (Å²) in [6, 6.07) is 13.2. The van der Waals surface area contributed by atoms with Crippen LogP contribution in [-0.2, 0) is 45.3 Å². The molecule has 4 atom stereocenters. The normalized spacial score (nSPS) is 20.8. The maximum Gasteiger partial charge on any atom is 0.490 e. The molecule has 1 aliphatic heterocycles. The summed E-state index contributed by atoms with van der Waals surface area (Å²) in [4.78, 5) is 124. The molecule has 23 nitrogen and oxygen atoms in total. The Kier molecular flexibility index (Phi) is 17.2. The molecule has 2 aromatic carbocycles. The molecule has 3 aliphatic rings. The van der Waals surface area contributed by atoms with Crippen LogP contribution in [-0.4, -0.2) is 99.9 Å². The van der Waals surface area contributed by atoms with E-state index in [2.05, 4.69) is 46.9 Å². The summed E-state index contributed by atoms with van der Waals surface area (Å²) in [5.74, 6) is -10.6. The maximum atomic E-state index is 15.1. The monoisotopic (exact) mass is 1100 g/mol. The van der Waals surface area contributed by atoms with E-state index in [0.29, 0.717) is 19.4 Å². The van der Waals surface area contributed by atoms with Crippen LogP contribution in [0.4, 0.5) is 13.2 Å². The number of halogens is 3. The van der Waals surface area contributed by atoms with Gasteiger partial charge in [0.15, 0.2) is 33.7 Å². The highest BCUT2D eigenvalue weighted by Crippen LogP contribution is 2.44. The molecule has 8 rings (SSSR count). The zero-order chi connectivity index (χ0) is 57.8. The highest BCUT2D eigenvalue weighted by Gasteiger charge is 2.50. The molecule has 0 unspecified atom stereocenters. The molecule has 26 heteroatoms. The van der Waals surface area contributed by atoms with Crippen LogP contribution in [0, 0.1) is 26.7 Å². The molecule has 79 heavy (non-hydrogen) atoms. The molecule has 3 aromatic heterocycles. The molecule has 6 amide bonds. The Bertz CT molecular complexity index is 3140. The third kappa shape index (κ3) is 12.0. The van der Waals surface area contributed by atoms with E-state index in [1.54, 1.807) is 0 Å². The molecule has 4 heterocycles. The van der Waals surface area contributed by atoms with Crippen LogP contribution >= 0.6 is 0 Å². The Labute approximate surface area is 450 Å². The summed E-state index contributed by atoms with van der Waals surface area (Å²) in [6.07, 6.45) is 0.836. The Balaban J connectivity index is 0.00000121. The van der Waals surface area contributed by atoms with Crippen molar-refractivity contribution in [3.05, 3.63) is 112 Å². The average molecular weight is 1100 g/mol. The predicted molar refractivity (Wildman–Crippen MR) is 270 cm³/mol. The number of ether oxygens (including phenoxy) is 1. The predicted octanol–water partition coefficient (Wildman–Crippen LogP) is 4.83. The lowest BCUT2D eigenvalue weighted by Gasteiger charge is -2.29. The molecule has 1 fully saturated rings. The average Bonchev–Trinajstić information content (AvgIpc) is 4.33. The number of fused-ring (bicyclic) bond motifs is 9. The lowest BCUT2D eigenvalue weighted by molar-refractivity contribution is -0.192. The number of unbranched alkanes of at least 4 members (excludes halogenated alkanes) is 1. The second-order valence-corrected chi connectivity index (χ2v) is 19.9. The maximum absolute atomic E-state index is 15.1. The number of methoxy groups -OCH3 is 1. The molecule has 6 bridgehead atoms. The fourth-order valence-electron chi connectivity index (χ4n) is 9.52. The highest BCUT2D eigenvalue weighted by molar-refractivity contribution is 6.02. The fraction of sp³-hybridized carbons (Fsp3) is 0.453. The van der Waals surface area contributed by atoms with Gasteiger partial charge in [-0.25, -0.2) is 24.5 Å². The smallest absolute Gasteiger partial charge is 0.475 e. The van der Waals surface area contributed by atoms with E-state index in [1.165, 1.54) is 41.5 Å². The molecule has 422 valence electrons. The van der Waals surface area contributed by atoms with Gasteiger partial charge in [-0.1, -0.05) is 67.8 Å². The van der Waals surface area contributed by atoms with Crippen LogP contribution in [0.2, 0.25) is 0 Å². The number of carboxylic acids is 1. The molecule has 0 saturated heterocycles. The second-order valence-electron chi connectivity index (χ2n) is 19.9. The fourth-order valence-corrected chi connectivity index (χ4v) is 9.52. The number of aromatic nitrogens is 3. The number of nitrogens with two attached hydrogens (primary N) is 1. The summed E-state index contributed by atoms with van der Waals surface area (Å²) in [5.41, 5.74) is 1.20. The number of benzene rings is 2. The van der Waals surface area contributed by atoms with Crippen molar-refractivity contribution in [2.45, 2.75) is 128 Å². The number of carboxylic acid groups (broad SMARTS) is 1. The Morgan fingerprint density at radius 3 is 1.54 bits per heavy atom. The van der Waals surface area contributed by atoms with Gasteiger partial charge in [-0.2, -0.15) is 13.2 Å². The molecular formula is C53H61F3N10O13. The van der Waals surface area contributed by atoms with Crippen LogP contribution in [0.1, 0.15) is 156 Å². The Morgan fingerprint density at radius 2 is 1.13 bits per heavy atom. The number of alkyl halides is 3. The number of oxazole rings is 3. The summed E-state index contributed by atoms with van der Waals surface area (Å²) in [7, 11) is 1.16. The van der Waals surface area contributed by atoms with Gasteiger partial charge in [-0.3, -0.25) is 28.8 Å². The minimum absolute atomic E-state index is 0.0824. The third-order valence-electron chi connectivity index (χ3n) is 14.1. The van der Waals surface area contributed by atoms with E-state index < -0.39 is 105 Å². The van der Waals surface area contributed by atoms with Crippen molar-refractivity contribution in [3.8, 4) is 11.1 Å². The van der Waals surface area contributed by atoms with Crippen molar-refractivity contribution in [3.63, 3.8) is 0 Å². The summed E-state index contributed by atoms with van der Waals surface area (Å²) in [6.45, 7) is 8.74. The van der Waals surface area contributed by atoms with Gasteiger partial charge in [-0.15, -0.1) is 0 Å². The van der Waals surface area contributed by atoms with Gasteiger partial charge in [-0.05, 0) is 108 Å². The molecule has 5 aromatic rings. The van der Waals surface area contributed by atoms with Crippen LogP contribution in [0.5, 0.6) is 0 Å². The van der Waals surface area contributed by atoms with Crippen molar-refractivity contribution >= 4 is 47.4 Å². The van der Waals surface area contributed by atoms with Crippen molar-refractivity contribution in [2.75, 3.05) is 20.2 Å². The van der Waals surface area contributed by atoms with Gasteiger partial charge in [0.1, 0.15) is 23.3 Å². The zero-order valence-corrected chi connectivity index (χ0v) is 44.3. The number of hydrogen-bond donors (Lipinski definition) is 8. The molecule has 0 spiro atoms. The highest BCUT2D eigenvalue weighted by atomic mass is 19.4. The van der Waals surface area contributed by atoms with Gasteiger partial charge in [0.05, 0.1) is 13.2 Å². The minimum Gasteiger partial charge on any atom is -0.475 e. The summed E-state index contributed by atoms with van der Waals surface area (Å²) < 4.78 is 55.0. The Morgan fingerprint density at radius 1 is 0.709 bits per heavy atom. The van der Waals surface area contributed by atoms with Gasteiger partial charge >= 0.3 is 18.1 Å². The first-order chi connectivity index (χ1) is 37.3. The Hall–Kier alpha value is -8.42. The number of amides is 6. The standard InChI is InChI=1S/C51H60N10O11.C2HF3O2/c1-26-36-41(64)61-51(6,45(68)55-38-32-21-13-11-19-30(32)31-20-12-14-22-33(31)38)48-58-37(28(3)72-48)40(63)60-50(5,44(67)54-34(42(65)69-7)23-15-16-24-52)47-57-35(27(2)71-47)39(62)59-49(4,46(56-36)70-26)43(66)53-25-29-17-9-8-10-18-29;3-2(4,5)1(6)7/h11-14,19-22,29,34,38H,8-10,15-18,23-25,52H2,1-7H3,(H,53,66)(H,54,67)(H,55,68)(H,59,62)(H,60,63)(H,61,64);(H,6,7)/t34-,49-,50-,51-;/m0./s1. The van der Waals surface area contributed by atoms with E-state index in [4.69, 9.17) is 33.6 Å². The number of hydrogen-bond acceptors (Lipinski definition) is 16. The number of esters is 1. The van der Waals surface area contributed by atoms with E-state index in [0.717, 1.165) is 61.5 Å². The van der Waals surface area contributed by atoms with E-state index in [9.17, 15) is 41.9 Å². The molecular weight excluding hydrogens is 1040 g/mol. The summed E-state index contributed by atoms with van der Waals surface area (Å²) in [5, 5.41) is 23.8. The van der Waals surface area contributed by atoms with Crippen LogP contribution in [0.25, 0.3) is 11.1 Å². The van der Waals surface area contributed by atoms with Gasteiger partial charge in [0, 0.05) is 6.54 Å². The van der Waals surface area contributed by atoms with E-state index in [-0.39, 0.29) is 47.7 Å². The lowest BCUT2D eigenvalue weighted by Crippen LogP contribution is -2.58. The van der Waals surface area contributed by atoms with Crippen molar-refractivity contribution < 1.29 is 74.6 Å². The SMILES string of the molecule is COC(=O)[C@H](CCCCN)NC(=O)[C@]1(C)NC(=O)c2nc(oc2C)[C@](C)(C(=O)NC2c3ccccc3-c3ccccc32)NC(=O)c2nc(oc2C)[C@](C)(C(=O)NCC2CCCCC2)NC(=O)c2nc1oc2C.O=C(O)C(F)(F)F. The molecule has 2 aliphatic carbocycles. The number of nitrogens with one attached hydrogen (secondary N) is 6. The number of rotatable bonds is 12. The molecule has 1 saturated carbocycles.